The van der Waals surface area contributed by atoms with Gasteiger partial charge < -0.3 is 14.6 Å². The van der Waals surface area contributed by atoms with Gasteiger partial charge in [0.05, 0.1) is 12.5 Å². The molecule has 0 spiro atoms. The number of aryl methyl sites for hydroxylation is 1. The third-order valence-corrected chi connectivity index (χ3v) is 3.74. The molecule has 0 fully saturated rings. The fourth-order valence-electron chi connectivity index (χ4n) is 2.38. The van der Waals surface area contributed by atoms with Gasteiger partial charge in [-0.3, -0.25) is 4.79 Å². The van der Waals surface area contributed by atoms with E-state index in [0.29, 0.717) is 6.42 Å². The van der Waals surface area contributed by atoms with Crippen molar-refractivity contribution in [3.8, 4) is 5.75 Å². The Hall–Kier alpha value is -2.23. The quantitative estimate of drug-likeness (QED) is 0.916. The zero-order valence-corrected chi connectivity index (χ0v) is 13.9. The molecule has 0 bridgehead atoms. The number of anilines is 1. The second-order valence-corrected chi connectivity index (χ2v) is 5.87. The monoisotopic (exact) mass is 300 g/mol. The first-order valence-corrected chi connectivity index (χ1v) is 7.55. The molecule has 0 radical (unpaired) electrons. The molecule has 0 saturated carbocycles. The van der Waals surface area contributed by atoms with Crippen molar-refractivity contribution in [2.75, 3.05) is 5.32 Å². The zero-order valence-electron chi connectivity index (χ0n) is 13.9. The van der Waals surface area contributed by atoms with E-state index in [-0.39, 0.29) is 12.0 Å². The molecule has 4 heteroatoms. The lowest BCUT2D eigenvalue weighted by molar-refractivity contribution is -0.115. The van der Waals surface area contributed by atoms with Crippen LogP contribution in [0.5, 0.6) is 5.75 Å². The highest BCUT2D eigenvalue weighted by Gasteiger charge is 2.11. The van der Waals surface area contributed by atoms with Gasteiger partial charge in [-0.15, -0.1) is 0 Å². The molecule has 0 aliphatic rings. The minimum atomic E-state index is -0.00812. The van der Waals surface area contributed by atoms with Crippen LogP contribution in [0, 0.1) is 13.8 Å². The Kier molecular flexibility index (Phi) is 4.91. The molecule has 2 aromatic rings. The van der Waals surface area contributed by atoms with Crippen LogP contribution in [0.1, 0.15) is 30.8 Å². The Labute approximate surface area is 132 Å². The Morgan fingerprint density at radius 2 is 1.86 bits per heavy atom. The third-order valence-electron chi connectivity index (χ3n) is 3.74. The Morgan fingerprint density at radius 3 is 2.36 bits per heavy atom. The highest BCUT2D eigenvalue weighted by Crippen LogP contribution is 2.18. The molecule has 1 aromatic heterocycles. The number of hydrogen-bond acceptors (Lipinski definition) is 2. The van der Waals surface area contributed by atoms with E-state index < -0.39 is 0 Å². The topological polar surface area (TPSA) is 43.3 Å². The van der Waals surface area contributed by atoms with Crippen LogP contribution in [0.3, 0.4) is 0 Å². The van der Waals surface area contributed by atoms with Crippen molar-refractivity contribution in [2.45, 2.75) is 40.2 Å². The molecular formula is C18H24N2O2. The summed E-state index contributed by atoms with van der Waals surface area (Å²) in [6, 6.07) is 9.52. The normalized spacial score (nSPS) is 10.8. The first kappa shape index (κ1) is 16.1. The molecule has 2 rings (SSSR count). The lowest BCUT2D eigenvalue weighted by atomic mass is 10.1. The molecular weight excluding hydrogens is 276 g/mol. The molecule has 22 heavy (non-hydrogen) atoms. The standard InChI is InChI=1S/C18H24N2O2/c1-12(2)22-17-8-6-16(7-9-17)19-18(21)11-15-10-13(3)20(5)14(15)4/h6-10,12H,11H2,1-5H3,(H,19,21). The van der Waals surface area contributed by atoms with E-state index in [4.69, 9.17) is 4.74 Å². The lowest BCUT2D eigenvalue weighted by Gasteiger charge is -2.10. The van der Waals surface area contributed by atoms with Gasteiger partial charge in [0.25, 0.3) is 0 Å². The van der Waals surface area contributed by atoms with E-state index in [2.05, 4.69) is 16.0 Å². The highest BCUT2D eigenvalue weighted by molar-refractivity contribution is 5.92. The van der Waals surface area contributed by atoms with Crippen molar-refractivity contribution in [3.05, 3.63) is 47.3 Å². The van der Waals surface area contributed by atoms with Gasteiger partial charge in [-0.05, 0) is 63.6 Å². The Bertz CT molecular complexity index is 654. The molecule has 0 aliphatic heterocycles. The highest BCUT2D eigenvalue weighted by atomic mass is 16.5. The van der Waals surface area contributed by atoms with Gasteiger partial charge in [-0.25, -0.2) is 0 Å². The summed E-state index contributed by atoms with van der Waals surface area (Å²) in [7, 11) is 2.01. The summed E-state index contributed by atoms with van der Waals surface area (Å²) in [5, 5.41) is 2.92. The molecule has 1 amide bonds. The number of hydrogen-bond donors (Lipinski definition) is 1. The van der Waals surface area contributed by atoms with Gasteiger partial charge in [0.2, 0.25) is 5.91 Å². The molecule has 0 unspecified atom stereocenters. The fraction of sp³-hybridized carbons (Fsp3) is 0.389. The summed E-state index contributed by atoms with van der Waals surface area (Å²) in [5.41, 5.74) is 4.15. The van der Waals surface area contributed by atoms with Crippen molar-refractivity contribution in [3.63, 3.8) is 0 Å². The van der Waals surface area contributed by atoms with Gasteiger partial charge >= 0.3 is 0 Å². The maximum absolute atomic E-state index is 12.2. The summed E-state index contributed by atoms with van der Waals surface area (Å²) < 4.78 is 7.68. The third kappa shape index (κ3) is 3.91. The molecule has 0 saturated heterocycles. The van der Waals surface area contributed by atoms with Crippen LogP contribution < -0.4 is 10.1 Å². The molecule has 1 heterocycles. The van der Waals surface area contributed by atoms with Crippen LogP contribution in [0.25, 0.3) is 0 Å². The van der Waals surface area contributed by atoms with Crippen LogP contribution in [0.4, 0.5) is 5.69 Å². The van der Waals surface area contributed by atoms with Crippen molar-refractivity contribution in [2.24, 2.45) is 7.05 Å². The maximum atomic E-state index is 12.2. The summed E-state index contributed by atoms with van der Waals surface area (Å²) in [6.45, 7) is 8.05. The maximum Gasteiger partial charge on any atom is 0.228 e. The lowest BCUT2D eigenvalue weighted by Crippen LogP contribution is -2.14. The van der Waals surface area contributed by atoms with Crippen LogP contribution >= 0.6 is 0 Å². The number of ether oxygens (including phenoxy) is 1. The molecule has 4 nitrogen and oxygen atoms in total. The zero-order chi connectivity index (χ0) is 16.3. The average Bonchev–Trinajstić information content (AvgIpc) is 2.68. The molecule has 1 aromatic carbocycles. The first-order valence-electron chi connectivity index (χ1n) is 7.55. The number of amides is 1. The average molecular weight is 300 g/mol. The van der Waals surface area contributed by atoms with E-state index in [1.807, 2.05) is 59.0 Å². The van der Waals surface area contributed by atoms with E-state index in [0.717, 1.165) is 28.4 Å². The van der Waals surface area contributed by atoms with Crippen molar-refractivity contribution < 1.29 is 9.53 Å². The van der Waals surface area contributed by atoms with Crippen molar-refractivity contribution >= 4 is 11.6 Å². The Balaban J connectivity index is 1.98. The van der Waals surface area contributed by atoms with E-state index in [1.165, 1.54) is 0 Å². The number of carbonyl (C=O) groups excluding carboxylic acids is 1. The Morgan fingerprint density at radius 1 is 1.23 bits per heavy atom. The number of rotatable bonds is 5. The number of benzene rings is 1. The van der Waals surface area contributed by atoms with Gasteiger partial charge in [0.1, 0.15) is 5.75 Å². The minimum absolute atomic E-state index is 0.00812. The van der Waals surface area contributed by atoms with Crippen LogP contribution in [0.2, 0.25) is 0 Å². The molecule has 1 N–H and O–H groups in total. The van der Waals surface area contributed by atoms with Gasteiger partial charge in [0, 0.05) is 24.1 Å². The van der Waals surface area contributed by atoms with Gasteiger partial charge in [-0.2, -0.15) is 0 Å². The van der Waals surface area contributed by atoms with Crippen LogP contribution in [-0.2, 0) is 18.3 Å². The SMILES string of the molecule is Cc1cc(CC(=O)Nc2ccc(OC(C)C)cc2)c(C)n1C. The fourth-order valence-corrected chi connectivity index (χ4v) is 2.38. The summed E-state index contributed by atoms with van der Waals surface area (Å²) in [4.78, 5) is 12.2. The number of nitrogens with one attached hydrogen (secondary N) is 1. The van der Waals surface area contributed by atoms with Crippen LogP contribution in [-0.4, -0.2) is 16.6 Å². The summed E-state index contributed by atoms with van der Waals surface area (Å²) >= 11 is 0. The first-order chi connectivity index (χ1) is 10.4. The van der Waals surface area contributed by atoms with Crippen LogP contribution in [0.15, 0.2) is 30.3 Å². The predicted molar refractivity (Wildman–Crippen MR) is 89.4 cm³/mol. The number of nitrogens with zero attached hydrogens (tertiary/aromatic N) is 1. The second-order valence-electron chi connectivity index (χ2n) is 5.87. The molecule has 0 atom stereocenters. The second kappa shape index (κ2) is 6.69. The smallest absolute Gasteiger partial charge is 0.228 e. The largest absolute Gasteiger partial charge is 0.491 e. The van der Waals surface area contributed by atoms with Crippen molar-refractivity contribution in [1.29, 1.82) is 0 Å². The van der Waals surface area contributed by atoms with E-state index >= 15 is 0 Å². The van der Waals surface area contributed by atoms with Crippen molar-refractivity contribution in [1.82, 2.24) is 4.57 Å². The van der Waals surface area contributed by atoms with Gasteiger partial charge in [-0.1, -0.05) is 0 Å². The molecule has 118 valence electrons. The van der Waals surface area contributed by atoms with Gasteiger partial charge in [0.15, 0.2) is 0 Å². The number of aromatic nitrogens is 1. The van der Waals surface area contributed by atoms with E-state index in [9.17, 15) is 4.79 Å². The summed E-state index contributed by atoms with van der Waals surface area (Å²) in [5.74, 6) is 0.800. The predicted octanol–water partition coefficient (Wildman–Crippen LogP) is 3.61. The molecule has 0 aliphatic carbocycles. The minimum Gasteiger partial charge on any atom is -0.491 e. The number of carbonyl (C=O) groups is 1. The summed E-state index contributed by atoms with van der Waals surface area (Å²) in [6.07, 6.45) is 0.530. The van der Waals surface area contributed by atoms with E-state index in [1.54, 1.807) is 0 Å².